The van der Waals surface area contributed by atoms with Gasteiger partial charge in [-0.15, -0.1) is 0 Å². The third-order valence-electron chi connectivity index (χ3n) is 4.48. The standard InChI is InChI=1S/C18H25N3O4/c1-2-3-17(22)19-11-18(23)21-8-6-20(7-9-21)12-14-4-5-15-16(10-14)25-13-24-15/h4-5,10H,2-3,6-9,11-13H2,1H3,(H,19,22). The summed E-state index contributed by atoms with van der Waals surface area (Å²) >= 11 is 0. The molecule has 1 N–H and O–H groups in total. The molecule has 0 saturated carbocycles. The first-order valence-electron chi connectivity index (χ1n) is 8.81. The molecule has 7 heteroatoms. The molecule has 1 aromatic rings. The van der Waals surface area contributed by atoms with Gasteiger partial charge in [-0.25, -0.2) is 0 Å². The highest BCUT2D eigenvalue weighted by Crippen LogP contribution is 2.32. The first-order chi connectivity index (χ1) is 12.2. The molecular weight excluding hydrogens is 322 g/mol. The van der Waals surface area contributed by atoms with E-state index in [-0.39, 0.29) is 25.2 Å². The van der Waals surface area contributed by atoms with Gasteiger partial charge in [0.1, 0.15) is 0 Å². The Morgan fingerprint density at radius 1 is 1.12 bits per heavy atom. The molecule has 0 unspecified atom stereocenters. The van der Waals surface area contributed by atoms with Crippen molar-refractivity contribution in [2.75, 3.05) is 39.5 Å². The number of rotatable bonds is 6. The summed E-state index contributed by atoms with van der Waals surface area (Å²) in [5.74, 6) is 1.53. The summed E-state index contributed by atoms with van der Waals surface area (Å²) in [6, 6.07) is 6.01. The molecule has 1 aromatic carbocycles. The summed E-state index contributed by atoms with van der Waals surface area (Å²) in [4.78, 5) is 27.8. The van der Waals surface area contributed by atoms with E-state index in [0.29, 0.717) is 19.5 Å². The molecule has 0 aliphatic carbocycles. The van der Waals surface area contributed by atoms with E-state index in [1.54, 1.807) is 0 Å². The molecule has 25 heavy (non-hydrogen) atoms. The van der Waals surface area contributed by atoms with Gasteiger partial charge in [0.25, 0.3) is 0 Å². The predicted octanol–water partition coefficient (Wildman–Crippen LogP) is 0.976. The van der Waals surface area contributed by atoms with Crippen LogP contribution in [0.15, 0.2) is 18.2 Å². The lowest BCUT2D eigenvalue weighted by molar-refractivity contribution is -0.134. The van der Waals surface area contributed by atoms with Crippen molar-refractivity contribution in [1.82, 2.24) is 15.1 Å². The maximum absolute atomic E-state index is 12.2. The van der Waals surface area contributed by atoms with E-state index in [2.05, 4.69) is 10.2 Å². The monoisotopic (exact) mass is 347 g/mol. The number of piperazine rings is 1. The molecule has 0 radical (unpaired) electrons. The van der Waals surface area contributed by atoms with E-state index in [1.807, 2.05) is 30.0 Å². The molecule has 0 bridgehead atoms. The van der Waals surface area contributed by atoms with E-state index in [9.17, 15) is 9.59 Å². The fourth-order valence-corrected chi connectivity index (χ4v) is 3.05. The molecule has 2 aliphatic rings. The van der Waals surface area contributed by atoms with Crippen molar-refractivity contribution in [3.63, 3.8) is 0 Å². The molecule has 2 amide bonds. The van der Waals surface area contributed by atoms with Crippen LogP contribution >= 0.6 is 0 Å². The van der Waals surface area contributed by atoms with Gasteiger partial charge in [-0.1, -0.05) is 13.0 Å². The van der Waals surface area contributed by atoms with Crippen LogP contribution < -0.4 is 14.8 Å². The van der Waals surface area contributed by atoms with Gasteiger partial charge in [-0.2, -0.15) is 0 Å². The summed E-state index contributed by atoms with van der Waals surface area (Å²) in [6.45, 7) is 6.17. The molecule has 136 valence electrons. The summed E-state index contributed by atoms with van der Waals surface area (Å²) in [7, 11) is 0. The Bertz CT molecular complexity index is 627. The number of benzene rings is 1. The van der Waals surface area contributed by atoms with Gasteiger partial charge in [0.2, 0.25) is 18.6 Å². The van der Waals surface area contributed by atoms with E-state index >= 15 is 0 Å². The summed E-state index contributed by atoms with van der Waals surface area (Å²) in [6.07, 6.45) is 1.26. The topological polar surface area (TPSA) is 71.1 Å². The summed E-state index contributed by atoms with van der Waals surface area (Å²) in [5, 5.41) is 2.69. The van der Waals surface area contributed by atoms with Crippen LogP contribution in [0.1, 0.15) is 25.3 Å². The van der Waals surface area contributed by atoms with Gasteiger partial charge in [0.15, 0.2) is 11.5 Å². The van der Waals surface area contributed by atoms with Crippen molar-refractivity contribution in [2.45, 2.75) is 26.3 Å². The highest BCUT2D eigenvalue weighted by molar-refractivity contribution is 5.84. The lowest BCUT2D eigenvalue weighted by Crippen LogP contribution is -2.50. The average Bonchev–Trinajstić information content (AvgIpc) is 3.08. The molecule has 0 aromatic heterocycles. The second kappa shape index (κ2) is 8.20. The number of hydrogen-bond acceptors (Lipinski definition) is 5. The minimum absolute atomic E-state index is 0.00724. The van der Waals surface area contributed by atoms with Crippen LogP contribution in [0.25, 0.3) is 0 Å². The minimum Gasteiger partial charge on any atom is -0.454 e. The van der Waals surface area contributed by atoms with E-state index in [4.69, 9.17) is 9.47 Å². The van der Waals surface area contributed by atoms with Crippen LogP contribution in [-0.2, 0) is 16.1 Å². The number of carbonyl (C=O) groups excluding carboxylic acids is 2. The molecule has 7 nitrogen and oxygen atoms in total. The number of hydrogen-bond donors (Lipinski definition) is 1. The number of amides is 2. The third-order valence-corrected chi connectivity index (χ3v) is 4.48. The Labute approximate surface area is 147 Å². The van der Waals surface area contributed by atoms with E-state index in [0.717, 1.165) is 37.6 Å². The van der Waals surface area contributed by atoms with E-state index < -0.39 is 0 Å². The van der Waals surface area contributed by atoms with Crippen molar-refractivity contribution in [1.29, 1.82) is 0 Å². The number of ether oxygens (including phenoxy) is 2. The molecular formula is C18H25N3O4. The quantitative estimate of drug-likeness (QED) is 0.830. The lowest BCUT2D eigenvalue weighted by Gasteiger charge is -2.34. The van der Waals surface area contributed by atoms with Crippen LogP contribution in [0, 0.1) is 0 Å². The number of nitrogens with one attached hydrogen (secondary N) is 1. The van der Waals surface area contributed by atoms with Gasteiger partial charge >= 0.3 is 0 Å². The Morgan fingerprint density at radius 2 is 1.88 bits per heavy atom. The molecule has 1 saturated heterocycles. The second-order valence-electron chi connectivity index (χ2n) is 6.37. The predicted molar refractivity (Wildman–Crippen MR) is 92.3 cm³/mol. The fourth-order valence-electron chi connectivity index (χ4n) is 3.05. The largest absolute Gasteiger partial charge is 0.454 e. The SMILES string of the molecule is CCCC(=O)NCC(=O)N1CCN(Cc2ccc3c(c2)OCO3)CC1. The maximum Gasteiger partial charge on any atom is 0.242 e. The van der Waals surface area contributed by atoms with Crippen molar-refractivity contribution in [3.05, 3.63) is 23.8 Å². The Hall–Kier alpha value is -2.28. The highest BCUT2D eigenvalue weighted by Gasteiger charge is 2.22. The van der Waals surface area contributed by atoms with Crippen LogP contribution in [0.2, 0.25) is 0 Å². The number of fused-ring (bicyclic) bond motifs is 1. The summed E-state index contributed by atoms with van der Waals surface area (Å²) in [5.41, 5.74) is 1.18. The normalized spacial score (nSPS) is 16.8. The zero-order valence-corrected chi connectivity index (χ0v) is 14.6. The van der Waals surface area contributed by atoms with Crippen molar-refractivity contribution in [3.8, 4) is 11.5 Å². The lowest BCUT2D eigenvalue weighted by atomic mass is 10.1. The number of nitrogens with zero attached hydrogens (tertiary/aromatic N) is 2. The van der Waals surface area contributed by atoms with Gasteiger partial charge < -0.3 is 19.7 Å². The van der Waals surface area contributed by atoms with Crippen LogP contribution in [-0.4, -0.2) is 61.1 Å². The smallest absolute Gasteiger partial charge is 0.242 e. The minimum atomic E-state index is -0.0581. The van der Waals surface area contributed by atoms with Gasteiger partial charge in [0, 0.05) is 39.1 Å². The van der Waals surface area contributed by atoms with Crippen LogP contribution in [0.5, 0.6) is 11.5 Å². The molecule has 3 rings (SSSR count). The molecule has 2 aliphatic heterocycles. The zero-order valence-electron chi connectivity index (χ0n) is 14.6. The first kappa shape index (κ1) is 17.5. The average molecular weight is 347 g/mol. The van der Waals surface area contributed by atoms with Crippen molar-refractivity contribution in [2.24, 2.45) is 0 Å². The van der Waals surface area contributed by atoms with Crippen LogP contribution in [0.3, 0.4) is 0 Å². The fraction of sp³-hybridized carbons (Fsp3) is 0.556. The van der Waals surface area contributed by atoms with Gasteiger partial charge in [0.05, 0.1) is 6.54 Å². The Kier molecular flexibility index (Phi) is 5.75. The van der Waals surface area contributed by atoms with Crippen molar-refractivity contribution >= 4 is 11.8 Å². The van der Waals surface area contributed by atoms with Crippen molar-refractivity contribution < 1.29 is 19.1 Å². The molecule has 0 atom stereocenters. The number of carbonyl (C=O) groups is 2. The molecule has 2 heterocycles. The van der Waals surface area contributed by atoms with Crippen LogP contribution in [0.4, 0.5) is 0 Å². The molecule has 0 spiro atoms. The Balaban J connectivity index is 1.42. The zero-order chi connectivity index (χ0) is 17.6. The third kappa shape index (κ3) is 4.63. The second-order valence-corrected chi connectivity index (χ2v) is 6.37. The maximum atomic E-state index is 12.2. The Morgan fingerprint density at radius 3 is 2.64 bits per heavy atom. The van der Waals surface area contributed by atoms with Gasteiger partial charge in [-0.3, -0.25) is 14.5 Å². The summed E-state index contributed by atoms with van der Waals surface area (Å²) < 4.78 is 10.7. The molecule has 1 fully saturated rings. The first-order valence-corrected chi connectivity index (χ1v) is 8.81. The van der Waals surface area contributed by atoms with E-state index in [1.165, 1.54) is 5.56 Å². The highest BCUT2D eigenvalue weighted by atomic mass is 16.7. The van der Waals surface area contributed by atoms with Gasteiger partial charge in [-0.05, 0) is 24.1 Å².